The van der Waals surface area contributed by atoms with Crippen molar-refractivity contribution in [3.05, 3.63) is 46.0 Å². The van der Waals surface area contributed by atoms with E-state index in [2.05, 4.69) is 26.0 Å². The molecule has 0 saturated heterocycles. The number of hydrogen-bond acceptors (Lipinski definition) is 3. The van der Waals surface area contributed by atoms with E-state index in [-0.39, 0.29) is 12.0 Å². The van der Waals surface area contributed by atoms with E-state index in [1.807, 2.05) is 6.92 Å². The molecular formula is C13H14BrF3N4. The van der Waals surface area contributed by atoms with Crippen molar-refractivity contribution in [1.29, 1.82) is 0 Å². The van der Waals surface area contributed by atoms with E-state index in [1.165, 1.54) is 12.4 Å². The number of nitrogens with zero attached hydrogens (tertiary/aromatic N) is 3. The smallest absolute Gasteiger partial charge is 0.324 e. The van der Waals surface area contributed by atoms with Crippen LogP contribution in [0.25, 0.3) is 0 Å². The molecule has 1 atom stereocenters. The Bertz CT molecular complexity index is 624. The molecule has 0 spiro atoms. The average molecular weight is 363 g/mol. The van der Waals surface area contributed by atoms with Crippen molar-refractivity contribution >= 4 is 15.9 Å². The fraction of sp³-hybridized carbons (Fsp3) is 0.385. The first-order valence-electron chi connectivity index (χ1n) is 6.31. The summed E-state index contributed by atoms with van der Waals surface area (Å²) in [4.78, 5) is 4.04. The Morgan fingerprint density at radius 3 is 2.71 bits per heavy atom. The van der Waals surface area contributed by atoms with E-state index in [0.29, 0.717) is 16.8 Å². The van der Waals surface area contributed by atoms with E-state index in [0.717, 1.165) is 6.07 Å². The molecule has 1 heterocycles. The van der Waals surface area contributed by atoms with Crippen LogP contribution in [0.15, 0.2) is 29.0 Å². The summed E-state index contributed by atoms with van der Waals surface area (Å²) in [5, 5.41) is 3.99. The third-order valence-corrected chi connectivity index (χ3v) is 3.61. The van der Waals surface area contributed by atoms with Gasteiger partial charge in [-0.15, -0.1) is 0 Å². The molecule has 1 aromatic carbocycles. The predicted molar refractivity (Wildman–Crippen MR) is 75.5 cm³/mol. The van der Waals surface area contributed by atoms with Gasteiger partial charge < -0.3 is 5.73 Å². The molecule has 2 aromatic rings. The number of aromatic nitrogens is 3. The van der Waals surface area contributed by atoms with Gasteiger partial charge in [0.25, 0.3) is 0 Å². The van der Waals surface area contributed by atoms with Gasteiger partial charge in [-0.05, 0) is 24.6 Å². The van der Waals surface area contributed by atoms with E-state index >= 15 is 0 Å². The molecule has 0 fully saturated rings. The lowest BCUT2D eigenvalue weighted by Gasteiger charge is -2.18. The standard InChI is InChI=1S/C13H14BrF3N4/c1-2-21-12(19-7-20-21)6-11(18)9-4-3-8(14)5-10(9)13(15,16)17/h3-5,7,11H,2,6,18H2,1H3. The fourth-order valence-electron chi connectivity index (χ4n) is 2.11. The maximum Gasteiger partial charge on any atom is 0.416 e. The SMILES string of the molecule is CCn1ncnc1CC(N)c1ccc(Br)cc1C(F)(F)F. The molecule has 2 N–H and O–H groups in total. The minimum atomic E-state index is -4.45. The fourth-order valence-corrected chi connectivity index (χ4v) is 2.48. The van der Waals surface area contributed by atoms with Gasteiger partial charge in [-0.2, -0.15) is 18.3 Å². The number of aryl methyl sites for hydroxylation is 1. The first-order chi connectivity index (χ1) is 9.82. The van der Waals surface area contributed by atoms with Crippen LogP contribution < -0.4 is 5.73 Å². The Hall–Kier alpha value is -1.41. The van der Waals surface area contributed by atoms with Crippen LogP contribution in [0.1, 0.15) is 29.9 Å². The molecule has 1 aromatic heterocycles. The van der Waals surface area contributed by atoms with E-state index in [9.17, 15) is 13.2 Å². The third-order valence-electron chi connectivity index (χ3n) is 3.12. The van der Waals surface area contributed by atoms with E-state index < -0.39 is 17.8 Å². The molecule has 114 valence electrons. The summed E-state index contributed by atoms with van der Waals surface area (Å²) in [5.41, 5.74) is 5.28. The predicted octanol–water partition coefficient (Wildman–Crippen LogP) is 3.32. The highest BCUT2D eigenvalue weighted by Crippen LogP contribution is 2.36. The molecule has 0 bridgehead atoms. The summed E-state index contributed by atoms with van der Waals surface area (Å²) in [5.74, 6) is 0.570. The van der Waals surface area contributed by atoms with Crippen LogP contribution in [0.2, 0.25) is 0 Å². The molecule has 0 aliphatic rings. The molecule has 0 saturated carbocycles. The molecule has 0 amide bonds. The second-order valence-corrected chi connectivity index (χ2v) is 5.45. The summed E-state index contributed by atoms with van der Waals surface area (Å²) >= 11 is 3.05. The molecule has 4 nitrogen and oxygen atoms in total. The average Bonchev–Trinajstić information content (AvgIpc) is 2.84. The van der Waals surface area contributed by atoms with Gasteiger partial charge in [0, 0.05) is 23.5 Å². The van der Waals surface area contributed by atoms with Crippen LogP contribution in [-0.2, 0) is 19.1 Å². The topological polar surface area (TPSA) is 56.7 Å². The zero-order valence-corrected chi connectivity index (χ0v) is 12.8. The Morgan fingerprint density at radius 1 is 1.38 bits per heavy atom. The molecule has 0 aliphatic carbocycles. The highest BCUT2D eigenvalue weighted by molar-refractivity contribution is 9.10. The van der Waals surface area contributed by atoms with Gasteiger partial charge in [0.1, 0.15) is 12.2 Å². The Kier molecular flexibility index (Phi) is 4.67. The maximum atomic E-state index is 13.1. The summed E-state index contributed by atoms with van der Waals surface area (Å²) < 4.78 is 41.3. The van der Waals surface area contributed by atoms with Gasteiger partial charge in [-0.1, -0.05) is 22.0 Å². The van der Waals surface area contributed by atoms with Crippen molar-refractivity contribution in [2.75, 3.05) is 0 Å². The summed E-state index contributed by atoms with van der Waals surface area (Å²) in [6.45, 7) is 2.47. The monoisotopic (exact) mass is 362 g/mol. The van der Waals surface area contributed by atoms with Gasteiger partial charge >= 0.3 is 6.18 Å². The minimum absolute atomic E-state index is 0.0522. The lowest BCUT2D eigenvalue weighted by atomic mass is 9.98. The Balaban J connectivity index is 2.33. The Labute approximate surface area is 128 Å². The molecule has 1 unspecified atom stereocenters. The van der Waals surface area contributed by atoms with Gasteiger partial charge in [-0.3, -0.25) is 4.68 Å². The van der Waals surface area contributed by atoms with Crippen molar-refractivity contribution in [2.24, 2.45) is 5.73 Å². The van der Waals surface area contributed by atoms with Crippen molar-refractivity contribution in [3.8, 4) is 0 Å². The van der Waals surface area contributed by atoms with Crippen molar-refractivity contribution < 1.29 is 13.2 Å². The van der Waals surface area contributed by atoms with Crippen LogP contribution in [0.4, 0.5) is 13.2 Å². The number of alkyl halides is 3. The number of hydrogen-bond donors (Lipinski definition) is 1. The quantitative estimate of drug-likeness (QED) is 0.907. The Morgan fingerprint density at radius 2 is 2.10 bits per heavy atom. The van der Waals surface area contributed by atoms with Crippen molar-refractivity contribution in [2.45, 2.75) is 32.1 Å². The van der Waals surface area contributed by atoms with Crippen LogP contribution in [0.5, 0.6) is 0 Å². The van der Waals surface area contributed by atoms with Gasteiger partial charge in [0.05, 0.1) is 5.56 Å². The number of benzene rings is 1. The number of rotatable bonds is 4. The molecular weight excluding hydrogens is 349 g/mol. The lowest BCUT2D eigenvalue weighted by molar-refractivity contribution is -0.138. The highest BCUT2D eigenvalue weighted by atomic mass is 79.9. The second-order valence-electron chi connectivity index (χ2n) is 4.53. The first-order valence-corrected chi connectivity index (χ1v) is 7.11. The van der Waals surface area contributed by atoms with Crippen LogP contribution in [0, 0.1) is 0 Å². The van der Waals surface area contributed by atoms with Crippen LogP contribution in [0.3, 0.4) is 0 Å². The zero-order valence-electron chi connectivity index (χ0n) is 11.2. The van der Waals surface area contributed by atoms with Gasteiger partial charge in [0.2, 0.25) is 0 Å². The first kappa shape index (κ1) is 16.0. The summed E-state index contributed by atoms with van der Waals surface area (Å²) in [6.07, 6.45) is -2.88. The van der Waals surface area contributed by atoms with Crippen molar-refractivity contribution in [1.82, 2.24) is 14.8 Å². The summed E-state index contributed by atoms with van der Waals surface area (Å²) in [6, 6.07) is 3.18. The van der Waals surface area contributed by atoms with E-state index in [1.54, 1.807) is 10.7 Å². The lowest BCUT2D eigenvalue weighted by Crippen LogP contribution is -2.21. The summed E-state index contributed by atoms with van der Waals surface area (Å²) in [7, 11) is 0. The number of nitrogens with two attached hydrogens (primary N) is 1. The van der Waals surface area contributed by atoms with Gasteiger partial charge in [-0.25, -0.2) is 4.98 Å². The highest BCUT2D eigenvalue weighted by Gasteiger charge is 2.35. The van der Waals surface area contributed by atoms with Crippen LogP contribution in [-0.4, -0.2) is 14.8 Å². The van der Waals surface area contributed by atoms with Crippen molar-refractivity contribution in [3.63, 3.8) is 0 Å². The zero-order chi connectivity index (χ0) is 15.6. The minimum Gasteiger partial charge on any atom is -0.324 e. The normalized spacial score (nSPS) is 13.4. The molecule has 2 rings (SSSR count). The third kappa shape index (κ3) is 3.62. The second kappa shape index (κ2) is 6.15. The van der Waals surface area contributed by atoms with Crippen LogP contribution >= 0.6 is 15.9 Å². The molecule has 0 aliphatic heterocycles. The molecule has 0 radical (unpaired) electrons. The maximum absolute atomic E-state index is 13.1. The van der Waals surface area contributed by atoms with E-state index in [4.69, 9.17) is 5.73 Å². The van der Waals surface area contributed by atoms with Gasteiger partial charge in [0.15, 0.2) is 0 Å². The molecule has 8 heteroatoms. The largest absolute Gasteiger partial charge is 0.416 e. The number of halogens is 4. The molecule has 21 heavy (non-hydrogen) atoms.